The molecule has 1 unspecified atom stereocenters. The minimum atomic E-state index is -0.868. The highest BCUT2D eigenvalue weighted by Gasteiger charge is 2.20. The van der Waals surface area contributed by atoms with Crippen LogP contribution < -0.4 is 10.6 Å². The highest BCUT2D eigenvalue weighted by molar-refractivity contribution is 7.15. The number of carboxylic acids is 1. The quantitative estimate of drug-likeness (QED) is 0.274. The Kier molecular flexibility index (Phi) is 6.74. The average Bonchev–Trinajstić information content (AvgIpc) is 3.46. The minimum Gasteiger partial charge on any atom is -0.480 e. The number of rotatable bonds is 9. The van der Waals surface area contributed by atoms with Gasteiger partial charge in [-0.15, -0.1) is 11.3 Å². The van der Waals surface area contributed by atoms with Crippen LogP contribution in [0.2, 0.25) is 0 Å². The van der Waals surface area contributed by atoms with Gasteiger partial charge in [0.05, 0.1) is 6.54 Å². The van der Waals surface area contributed by atoms with Crippen LogP contribution in [-0.4, -0.2) is 32.1 Å². The largest absolute Gasteiger partial charge is 0.480 e. The number of imidazole rings is 1. The fourth-order valence-corrected chi connectivity index (χ4v) is 4.71. The van der Waals surface area contributed by atoms with Gasteiger partial charge in [-0.05, 0) is 37.5 Å². The van der Waals surface area contributed by atoms with Crippen LogP contribution in [0, 0.1) is 20.8 Å². The summed E-state index contributed by atoms with van der Waals surface area (Å²) in [6.45, 7) is 6.69. The number of nitrogens with zero attached hydrogens (tertiary/aromatic N) is 2. The molecule has 8 heteroatoms. The van der Waals surface area contributed by atoms with Gasteiger partial charge < -0.3 is 20.7 Å². The molecular formula is C25H27N5O2S. The molecule has 2 aromatic carbocycles. The number of aliphatic carboxylic acids is 1. The van der Waals surface area contributed by atoms with Crippen LogP contribution >= 0.6 is 11.3 Å². The third kappa shape index (κ3) is 5.59. The zero-order chi connectivity index (χ0) is 23.4. The maximum absolute atomic E-state index is 12.0. The maximum atomic E-state index is 12.0. The van der Waals surface area contributed by atoms with E-state index in [1.165, 1.54) is 5.56 Å². The SMILES string of the molecule is Cc1cc(C)c(NC(Cc2ccc(-c3ncc(CNc4ncc[nH]4)s3)cc2)C(=O)O)c(C)c1. The lowest BCUT2D eigenvalue weighted by Gasteiger charge is -2.20. The number of carboxylic acid groups (broad SMARTS) is 1. The third-order valence-electron chi connectivity index (χ3n) is 5.42. The minimum absolute atomic E-state index is 0.387. The first-order valence-electron chi connectivity index (χ1n) is 10.7. The molecule has 0 fully saturated rings. The number of hydrogen-bond acceptors (Lipinski definition) is 6. The second-order valence-electron chi connectivity index (χ2n) is 8.13. The molecule has 4 rings (SSSR count). The number of hydrogen-bond donors (Lipinski definition) is 4. The van der Waals surface area contributed by atoms with E-state index in [1.807, 2.05) is 51.2 Å². The summed E-state index contributed by atoms with van der Waals surface area (Å²) >= 11 is 1.62. The number of aryl methyl sites for hydroxylation is 3. The Hall–Kier alpha value is -3.65. The Labute approximate surface area is 197 Å². The fraction of sp³-hybridized carbons (Fsp3) is 0.240. The molecule has 0 amide bonds. The summed E-state index contributed by atoms with van der Waals surface area (Å²) in [5.74, 6) is -0.140. The van der Waals surface area contributed by atoms with Gasteiger partial charge in [0.15, 0.2) is 5.95 Å². The summed E-state index contributed by atoms with van der Waals surface area (Å²) in [6.07, 6.45) is 5.73. The van der Waals surface area contributed by atoms with Crippen molar-refractivity contribution >= 4 is 28.9 Å². The van der Waals surface area contributed by atoms with E-state index >= 15 is 0 Å². The van der Waals surface area contributed by atoms with Crippen molar-refractivity contribution in [2.24, 2.45) is 0 Å². The summed E-state index contributed by atoms with van der Waals surface area (Å²) in [4.78, 5) is 24.7. The van der Waals surface area contributed by atoms with Gasteiger partial charge in [-0.25, -0.2) is 14.8 Å². The number of thiazole rings is 1. The number of aromatic nitrogens is 3. The van der Waals surface area contributed by atoms with E-state index in [0.29, 0.717) is 13.0 Å². The fourth-order valence-electron chi connectivity index (χ4n) is 3.86. The first kappa shape index (κ1) is 22.5. The monoisotopic (exact) mass is 461 g/mol. The highest BCUT2D eigenvalue weighted by Crippen LogP contribution is 2.27. The second kappa shape index (κ2) is 9.87. The molecule has 4 N–H and O–H groups in total. The molecule has 1 atom stereocenters. The van der Waals surface area contributed by atoms with Crippen molar-refractivity contribution in [3.8, 4) is 10.6 Å². The van der Waals surface area contributed by atoms with Crippen LogP contribution in [0.15, 0.2) is 55.0 Å². The highest BCUT2D eigenvalue weighted by atomic mass is 32.1. The topological polar surface area (TPSA) is 103 Å². The summed E-state index contributed by atoms with van der Waals surface area (Å²) in [6, 6.07) is 11.4. The smallest absolute Gasteiger partial charge is 0.326 e. The van der Waals surface area contributed by atoms with E-state index in [4.69, 9.17) is 0 Å². The number of benzene rings is 2. The van der Waals surface area contributed by atoms with E-state index in [-0.39, 0.29) is 0 Å². The Morgan fingerprint density at radius 2 is 1.85 bits per heavy atom. The van der Waals surface area contributed by atoms with Gasteiger partial charge >= 0.3 is 5.97 Å². The lowest BCUT2D eigenvalue weighted by molar-refractivity contribution is -0.137. The zero-order valence-electron chi connectivity index (χ0n) is 18.8. The number of nitrogens with one attached hydrogen (secondary N) is 3. The molecular weight excluding hydrogens is 434 g/mol. The maximum Gasteiger partial charge on any atom is 0.326 e. The first-order valence-corrected chi connectivity index (χ1v) is 11.5. The Balaban J connectivity index is 1.42. The van der Waals surface area contributed by atoms with Crippen molar-refractivity contribution in [3.05, 3.63) is 82.1 Å². The van der Waals surface area contributed by atoms with Crippen LogP contribution in [0.5, 0.6) is 0 Å². The summed E-state index contributed by atoms with van der Waals surface area (Å²) in [5.41, 5.74) is 6.13. The van der Waals surface area contributed by atoms with E-state index in [1.54, 1.807) is 23.7 Å². The normalized spacial score (nSPS) is 11.8. The van der Waals surface area contributed by atoms with Crippen molar-refractivity contribution in [2.75, 3.05) is 10.6 Å². The number of H-pyrrole nitrogens is 1. The van der Waals surface area contributed by atoms with Crippen LogP contribution in [-0.2, 0) is 17.8 Å². The predicted octanol–water partition coefficient (Wildman–Crippen LogP) is 5.18. The average molecular weight is 462 g/mol. The third-order valence-corrected chi connectivity index (χ3v) is 6.46. The van der Waals surface area contributed by atoms with Gasteiger partial charge in [-0.2, -0.15) is 0 Å². The molecule has 0 spiro atoms. The Morgan fingerprint density at radius 1 is 1.12 bits per heavy atom. The summed E-state index contributed by atoms with van der Waals surface area (Å²) in [7, 11) is 0. The summed E-state index contributed by atoms with van der Waals surface area (Å²) in [5, 5.41) is 17.2. The molecule has 33 heavy (non-hydrogen) atoms. The summed E-state index contributed by atoms with van der Waals surface area (Å²) < 4.78 is 0. The lowest BCUT2D eigenvalue weighted by Crippen LogP contribution is -2.32. The number of anilines is 2. The molecule has 0 saturated heterocycles. The molecule has 2 aromatic heterocycles. The number of carbonyl (C=O) groups is 1. The van der Waals surface area contributed by atoms with Gasteiger partial charge in [-0.1, -0.05) is 42.0 Å². The van der Waals surface area contributed by atoms with E-state index in [0.717, 1.165) is 43.8 Å². The second-order valence-corrected chi connectivity index (χ2v) is 9.25. The Bertz CT molecular complexity index is 1210. The number of aromatic amines is 1. The first-order chi connectivity index (χ1) is 15.9. The van der Waals surface area contributed by atoms with Crippen LogP contribution in [0.25, 0.3) is 10.6 Å². The van der Waals surface area contributed by atoms with Gasteiger partial charge in [0, 0.05) is 41.1 Å². The van der Waals surface area contributed by atoms with E-state index in [9.17, 15) is 9.90 Å². The van der Waals surface area contributed by atoms with Crippen molar-refractivity contribution in [1.29, 1.82) is 0 Å². The van der Waals surface area contributed by atoms with E-state index in [2.05, 4.69) is 37.7 Å². The molecule has 0 aliphatic rings. The Morgan fingerprint density at radius 3 is 2.48 bits per heavy atom. The molecule has 4 aromatic rings. The molecule has 7 nitrogen and oxygen atoms in total. The van der Waals surface area contributed by atoms with Gasteiger partial charge in [0.25, 0.3) is 0 Å². The van der Waals surface area contributed by atoms with Crippen LogP contribution in [0.4, 0.5) is 11.6 Å². The van der Waals surface area contributed by atoms with Crippen molar-refractivity contribution in [1.82, 2.24) is 15.0 Å². The standard InChI is InChI=1S/C25H27N5O2S/c1-15-10-16(2)22(17(3)11-15)30-21(24(31)32)12-18-4-6-19(7-5-18)23-28-13-20(33-23)14-29-25-26-8-9-27-25/h4-11,13,21,30H,12,14H2,1-3H3,(H,31,32)(H2,26,27,29). The van der Waals surface area contributed by atoms with Gasteiger partial charge in [0.1, 0.15) is 11.0 Å². The van der Waals surface area contributed by atoms with Crippen molar-refractivity contribution in [3.63, 3.8) is 0 Å². The molecule has 0 saturated carbocycles. The molecule has 170 valence electrons. The lowest BCUT2D eigenvalue weighted by atomic mass is 10.0. The van der Waals surface area contributed by atoms with E-state index < -0.39 is 12.0 Å². The molecule has 0 bridgehead atoms. The zero-order valence-corrected chi connectivity index (χ0v) is 19.7. The van der Waals surface area contributed by atoms with Crippen LogP contribution in [0.1, 0.15) is 27.1 Å². The molecule has 2 heterocycles. The van der Waals surface area contributed by atoms with Crippen molar-refractivity contribution in [2.45, 2.75) is 39.8 Å². The van der Waals surface area contributed by atoms with Gasteiger partial charge in [0.2, 0.25) is 0 Å². The molecule has 0 aliphatic heterocycles. The molecule has 0 radical (unpaired) electrons. The van der Waals surface area contributed by atoms with Crippen molar-refractivity contribution < 1.29 is 9.90 Å². The van der Waals surface area contributed by atoms with Crippen LogP contribution in [0.3, 0.4) is 0 Å². The molecule has 0 aliphatic carbocycles. The van der Waals surface area contributed by atoms with Gasteiger partial charge in [-0.3, -0.25) is 0 Å². The predicted molar refractivity (Wildman–Crippen MR) is 133 cm³/mol.